The van der Waals surface area contributed by atoms with E-state index in [9.17, 15) is 0 Å². The largest absolute Gasteiger partial charge is 0.244 e. The summed E-state index contributed by atoms with van der Waals surface area (Å²) >= 11 is 7.80. The SMILES string of the molecule is Clc1nc2ccccc2nc1/C=C/c1cccs1. The van der Waals surface area contributed by atoms with Crippen molar-refractivity contribution in [3.8, 4) is 0 Å². The average Bonchev–Trinajstić information content (AvgIpc) is 2.89. The van der Waals surface area contributed by atoms with Gasteiger partial charge in [0.05, 0.1) is 11.0 Å². The Morgan fingerprint density at radius 2 is 1.72 bits per heavy atom. The lowest BCUT2D eigenvalue weighted by atomic mass is 10.3. The Kier molecular flexibility index (Phi) is 3.09. The van der Waals surface area contributed by atoms with Crippen molar-refractivity contribution in [1.82, 2.24) is 9.97 Å². The first-order valence-corrected chi connectivity index (χ1v) is 6.72. The summed E-state index contributed by atoms with van der Waals surface area (Å²) in [6.45, 7) is 0. The Hall–Kier alpha value is -1.71. The summed E-state index contributed by atoms with van der Waals surface area (Å²) in [6.07, 6.45) is 3.89. The van der Waals surface area contributed by atoms with Crippen LogP contribution in [-0.2, 0) is 0 Å². The van der Waals surface area contributed by atoms with Gasteiger partial charge in [0.15, 0.2) is 5.15 Å². The van der Waals surface area contributed by atoms with E-state index in [1.54, 1.807) is 11.3 Å². The lowest BCUT2D eigenvalue weighted by Gasteiger charge is -2.00. The Labute approximate surface area is 114 Å². The molecule has 0 aliphatic heterocycles. The molecule has 0 aliphatic rings. The molecular formula is C14H9ClN2S. The van der Waals surface area contributed by atoms with Crippen LogP contribution in [0.1, 0.15) is 10.6 Å². The molecule has 1 aromatic carbocycles. The molecular weight excluding hydrogens is 264 g/mol. The van der Waals surface area contributed by atoms with E-state index in [0.29, 0.717) is 10.8 Å². The van der Waals surface area contributed by atoms with Crippen LogP contribution in [0.15, 0.2) is 41.8 Å². The van der Waals surface area contributed by atoms with Crippen LogP contribution in [0.25, 0.3) is 23.2 Å². The molecule has 3 rings (SSSR count). The normalized spacial score (nSPS) is 11.4. The molecule has 0 atom stereocenters. The number of benzene rings is 1. The van der Waals surface area contributed by atoms with E-state index in [0.717, 1.165) is 11.0 Å². The predicted octanol–water partition coefficient (Wildman–Crippen LogP) is 4.52. The summed E-state index contributed by atoms with van der Waals surface area (Å²) < 4.78 is 0. The van der Waals surface area contributed by atoms with Crippen LogP contribution in [0.2, 0.25) is 5.15 Å². The molecule has 0 amide bonds. The highest BCUT2D eigenvalue weighted by molar-refractivity contribution is 7.10. The lowest BCUT2D eigenvalue weighted by Crippen LogP contribution is -1.89. The fourth-order valence-electron chi connectivity index (χ4n) is 1.65. The maximum atomic E-state index is 6.12. The van der Waals surface area contributed by atoms with E-state index in [-0.39, 0.29) is 0 Å². The number of fused-ring (bicyclic) bond motifs is 1. The molecule has 0 aliphatic carbocycles. The number of rotatable bonds is 2. The Morgan fingerprint density at radius 3 is 2.44 bits per heavy atom. The molecule has 2 heterocycles. The minimum atomic E-state index is 0.432. The van der Waals surface area contributed by atoms with Crippen LogP contribution in [-0.4, -0.2) is 9.97 Å². The Balaban J connectivity index is 2.04. The molecule has 2 nitrogen and oxygen atoms in total. The second kappa shape index (κ2) is 4.88. The number of aromatic nitrogens is 2. The molecule has 0 saturated carbocycles. The summed E-state index contributed by atoms with van der Waals surface area (Å²) in [6, 6.07) is 11.8. The highest BCUT2D eigenvalue weighted by atomic mass is 35.5. The summed E-state index contributed by atoms with van der Waals surface area (Å²) in [5.41, 5.74) is 2.37. The van der Waals surface area contributed by atoms with Gasteiger partial charge in [-0.3, -0.25) is 0 Å². The number of nitrogens with zero attached hydrogens (tertiary/aromatic N) is 2. The van der Waals surface area contributed by atoms with Crippen molar-refractivity contribution in [2.75, 3.05) is 0 Å². The second-order valence-electron chi connectivity index (χ2n) is 3.74. The second-order valence-corrected chi connectivity index (χ2v) is 5.07. The molecule has 18 heavy (non-hydrogen) atoms. The number of halogens is 1. The van der Waals surface area contributed by atoms with Gasteiger partial charge in [0.1, 0.15) is 5.69 Å². The van der Waals surface area contributed by atoms with Gasteiger partial charge in [0.25, 0.3) is 0 Å². The van der Waals surface area contributed by atoms with Crippen molar-refractivity contribution in [3.63, 3.8) is 0 Å². The molecule has 0 spiro atoms. The van der Waals surface area contributed by atoms with E-state index in [1.165, 1.54) is 4.88 Å². The van der Waals surface area contributed by atoms with Crippen LogP contribution in [0.3, 0.4) is 0 Å². The van der Waals surface area contributed by atoms with Crippen molar-refractivity contribution in [1.29, 1.82) is 0 Å². The van der Waals surface area contributed by atoms with Crippen molar-refractivity contribution in [2.45, 2.75) is 0 Å². The molecule has 2 aromatic heterocycles. The van der Waals surface area contributed by atoms with E-state index in [1.807, 2.05) is 53.9 Å². The Morgan fingerprint density at radius 1 is 0.944 bits per heavy atom. The van der Waals surface area contributed by atoms with Crippen molar-refractivity contribution in [2.24, 2.45) is 0 Å². The van der Waals surface area contributed by atoms with Gasteiger partial charge < -0.3 is 0 Å². The van der Waals surface area contributed by atoms with Crippen molar-refractivity contribution >= 4 is 46.1 Å². The highest BCUT2D eigenvalue weighted by Crippen LogP contribution is 2.20. The zero-order chi connectivity index (χ0) is 12.4. The number of hydrogen-bond acceptors (Lipinski definition) is 3. The number of thiophene rings is 1. The van der Waals surface area contributed by atoms with E-state index >= 15 is 0 Å². The van der Waals surface area contributed by atoms with Crippen molar-refractivity contribution in [3.05, 3.63) is 57.5 Å². The average molecular weight is 273 g/mol. The predicted molar refractivity (Wildman–Crippen MR) is 77.8 cm³/mol. The fourth-order valence-corrected chi connectivity index (χ4v) is 2.46. The van der Waals surface area contributed by atoms with Crippen LogP contribution >= 0.6 is 22.9 Å². The maximum Gasteiger partial charge on any atom is 0.155 e. The Bertz CT molecular complexity index is 705. The zero-order valence-corrected chi connectivity index (χ0v) is 10.9. The summed E-state index contributed by atoms with van der Waals surface area (Å²) in [4.78, 5) is 10.00. The first-order chi connectivity index (χ1) is 8.83. The third-order valence-electron chi connectivity index (χ3n) is 2.50. The summed E-state index contributed by atoms with van der Waals surface area (Å²) in [7, 11) is 0. The minimum absolute atomic E-state index is 0.432. The fraction of sp³-hybridized carbons (Fsp3) is 0. The molecule has 88 valence electrons. The van der Waals surface area contributed by atoms with Gasteiger partial charge in [-0.15, -0.1) is 11.3 Å². The van der Waals surface area contributed by atoms with Gasteiger partial charge in [-0.1, -0.05) is 29.8 Å². The van der Waals surface area contributed by atoms with Crippen molar-refractivity contribution < 1.29 is 0 Å². The molecule has 0 unspecified atom stereocenters. The quantitative estimate of drug-likeness (QED) is 0.686. The molecule has 0 bridgehead atoms. The number of hydrogen-bond donors (Lipinski definition) is 0. The number of para-hydroxylation sites is 2. The van der Waals surface area contributed by atoms with Gasteiger partial charge >= 0.3 is 0 Å². The lowest BCUT2D eigenvalue weighted by molar-refractivity contribution is 1.27. The molecule has 0 fully saturated rings. The first-order valence-electron chi connectivity index (χ1n) is 5.47. The van der Waals surface area contributed by atoms with Gasteiger partial charge in [0, 0.05) is 4.88 Å². The van der Waals surface area contributed by atoms with Crippen LogP contribution in [0.4, 0.5) is 0 Å². The third-order valence-corrected chi connectivity index (χ3v) is 3.62. The monoisotopic (exact) mass is 272 g/mol. The van der Waals surface area contributed by atoms with E-state index < -0.39 is 0 Å². The minimum Gasteiger partial charge on any atom is -0.244 e. The first kappa shape index (κ1) is 11.4. The van der Waals surface area contributed by atoms with Crippen LogP contribution < -0.4 is 0 Å². The molecule has 0 radical (unpaired) electrons. The van der Waals surface area contributed by atoms with Crippen LogP contribution in [0, 0.1) is 0 Å². The van der Waals surface area contributed by atoms with Gasteiger partial charge in [-0.2, -0.15) is 0 Å². The topological polar surface area (TPSA) is 25.8 Å². The highest BCUT2D eigenvalue weighted by Gasteiger charge is 2.03. The van der Waals surface area contributed by atoms with Gasteiger partial charge in [-0.05, 0) is 35.7 Å². The smallest absolute Gasteiger partial charge is 0.155 e. The molecule has 4 heteroatoms. The third kappa shape index (κ3) is 2.28. The van der Waals surface area contributed by atoms with Gasteiger partial charge in [-0.25, -0.2) is 9.97 Å². The standard InChI is InChI=1S/C14H9ClN2S/c15-14-13(8-7-10-4-3-9-18-10)16-11-5-1-2-6-12(11)17-14/h1-9H/b8-7+. The molecule has 0 saturated heterocycles. The zero-order valence-electron chi connectivity index (χ0n) is 9.38. The van der Waals surface area contributed by atoms with E-state index in [4.69, 9.17) is 11.6 Å². The van der Waals surface area contributed by atoms with Crippen LogP contribution in [0.5, 0.6) is 0 Å². The molecule has 3 aromatic rings. The van der Waals surface area contributed by atoms with E-state index in [2.05, 4.69) is 9.97 Å². The molecule has 0 N–H and O–H groups in total. The maximum absolute atomic E-state index is 6.12. The van der Waals surface area contributed by atoms with Gasteiger partial charge in [0.2, 0.25) is 0 Å². The summed E-state index contributed by atoms with van der Waals surface area (Å²) in [5, 5.41) is 2.47. The summed E-state index contributed by atoms with van der Waals surface area (Å²) in [5.74, 6) is 0.